The number of H-pyrrole nitrogens is 1. The van der Waals surface area contributed by atoms with E-state index in [0.717, 1.165) is 29.2 Å². The summed E-state index contributed by atoms with van der Waals surface area (Å²) in [6, 6.07) is 8.25. The summed E-state index contributed by atoms with van der Waals surface area (Å²) in [5.74, 6) is 0.0227. The van der Waals surface area contributed by atoms with Crippen molar-refractivity contribution in [3.63, 3.8) is 0 Å². The predicted octanol–water partition coefficient (Wildman–Crippen LogP) is 2.96. The van der Waals surface area contributed by atoms with Crippen LogP contribution < -0.4 is 0 Å². The van der Waals surface area contributed by atoms with E-state index in [1.807, 2.05) is 19.1 Å². The lowest BCUT2D eigenvalue weighted by Gasteiger charge is -2.03. The maximum absolute atomic E-state index is 10.7. The number of aliphatic carboxylic acids is 1. The standard InChI is InChI=1S/C15H18N2O2/c1-3-11-4-6-12(7-5-11)15-13(8-9-14(18)19)16-10(2)17-15/h4-7H,3,8-9H2,1-2H3,(H,16,17)(H,18,19). The number of rotatable bonds is 5. The Bertz CT molecular complexity index is 570. The molecule has 0 aliphatic rings. The highest BCUT2D eigenvalue weighted by molar-refractivity contribution is 5.68. The van der Waals surface area contributed by atoms with Crippen molar-refractivity contribution in [1.29, 1.82) is 0 Å². The summed E-state index contributed by atoms with van der Waals surface area (Å²) in [7, 11) is 0. The van der Waals surface area contributed by atoms with Gasteiger partial charge in [-0.25, -0.2) is 4.98 Å². The van der Waals surface area contributed by atoms with Crippen LogP contribution in [-0.4, -0.2) is 21.0 Å². The molecule has 1 aromatic carbocycles. The van der Waals surface area contributed by atoms with Crippen molar-refractivity contribution in [1.82, 2.24) is 9.97 Å². The molecule has 0 bridgehead atoms. The van der Waals surface area contributed by atoms with Crippen LogP contribution in [0.15, 0.2) is 24.3 Å². The minimum Gasteiger partial charge on any atom is -0.481 e. The van der Waals surface area contributed by atoms with E-state index < -0.39 is 5.97 Å². The lowest BCUT2D eigenvalue weighted by Crippen LogP contribution is -1.99. The molecule has 0 saturated heterocycles. The van der Waals surface area contributed by atoms with Gasteiger partial charge in [0.15, 0.2) is 0 Å². The summed E-state index contributed by atoms with van der Waals surface area (Å²) in [5, 5.41) is 8.78. The fourth-order valence-corrected chi connectivity index (χ4v) is 2.09. The van der Waals surface area contributed by atoms with Crippen LogP contribution in [0.3, 0.4) is 0 Å². The summed E-state index contributed by atoms with van der Waals surface area (Å²) in [5.41, 5.74) is 4.07. The van der Waals surface area contributed by atoms with Crippen LogP contribution in [0.5, 0.6) is 0 Å². The molecule has 0 spiro atoms. The number of nitrogens with one attached hydrogen (secondary N) is 1. The molecule has 0 saturated carbocycles. The smallest absolute Gasteiger partial charge is 0.303 e. The molecule has 1 aromatic heterocycles. The lowest BCUT2D eigenvalue weighted by molar-refractivity contribution is -0.136. The molecule has 2 N–H and O–H groups in total. The molecule has 2 aromatic rings. The molecule has 4 nitrogen and oxygen atoms in total. The molecular formula is C15H18N2O2. The van der Waals surface area contributed by atoms with Gasteiger partial charge in [0, 0.05) is 17.7 Å². The first kappa shape index (κ1) is 13.3. The first-order valence-electron chi connectivity index (χ1n) is 6.46. The van der Waals surface area contributed by atoms with E-state index in [-0.39, 0.29) is 6.42 Å². The number of carboxylic acid groups (broad SMARTS) is 1. The molecule has 0 unspecified atom stereocenters. The van der Waals surface area contributed by atoms with Gasteiger partial charge in [0.05, 0.1) is 12.1 Å². The average molecular weight is 258 g/mol. The number of imidazole rings is 1. The Morgan fingerprint density at radius 3 is 2.58 bits per heavy atom. The third-order valence-corrected chi connectivity index (χ3v) is 3.12. The van der Waals surface area contributed by atoms with Gasteiger partial charge in [-0.05, 0) is 18.9 Å². The van der Waals surface area contributed by atoms with Crippen LogP contribution in [0.2, 0.25) is 0 Å². The number of hydrogen-bond donors (Lipinski definition) is 2. The SMILES string of the molecule is CCc1ccc(-c2nc(C)[nH]c2CCC(=O)O)cc1. The van der Waals surface area contributed by atoms with Gasteiger partial charge in [0.2, 0.25) is 0 Å². The Balaban J connectivity index is 2.29. The number of nitrogens with zero attached hydrogens (tertiary/aromatic N) is 1. The van der Waals surface area contributed by atoms with Crippen LogP contribution in [0.1, 0.15) is 30.4 Å². The van der Waals surface area contributed by atoms with Crippen molar-refractivity contribution in [3.8, 4) is 11.3 Å². The van der Waals surface area contributed by atoms with Gasteiger partial charge < -0.3 is 10.1 Å². The molecule has 4 heteroatoms. The number of benzene rings is 1. The van der Waals surface area contributed by atoms with Crippen molar-refractivity contribution in [2.24, 2.45) is 0 Å². The minimum atomic E-state index is -0.792. The Morgan fingerprint density at radius 1 is 1.32 bits per heavy atom. The number of carbonyl (C=O) groups is 1. The zero-order valence-corrected chi connectivity index (χ0v) is 11.2. The van der Waals surface area contributed by atoms with Crippen molar-refractivity contribution >= 4 is 5.97 Å². The normalized spacial score (nSPS) is 10.6. The zero-order valence-electron chi connectivity index (χ0n) is 11.2. The largest absolute Gasteiger partial charge is 0.481 e. The van der Waals surface area contributed by atoms with E-state index >= 15 is 0 Å². The van der Waals surface area contributed by atoms with Crippen molar-refractivity contribution in [2.75, 3.05) is 0 Å². The molecule has 0 aliphatic heterocycles. The van der Waals surface area contributed by atoms with Gasteiger partial charge in [-0.2, -0.15) is 0 Å². The third-order valence-electron chi connectivity index (χ3n) is 3.12. The monoisotopic (exact) mass is 258 g/mol. The number of aromatic amines is 1. The van der Waals surface area contributed by atoms with Gasteiger partial charge >= 0.3 is 5.97 Å². The Hall–Kier alpha value is -2.10. The van der Waals surface area contributed by atoms with E-state index in [0.29, 0.717) is 6.42 Å². The molecule has 2 rings (SSSR count). The molecular weight excluding hydrogens is 240 g/mol. The molecule has 0 amide bonds. The van der Waals surface area contributed by atoms with Crippen LogP contribution in [0.4, 0.5) is 0 Å². The second-order valence-corrected chi connectivity index (χ2v) is 4.59. The van der Waals surface area contributed by atoms with Gasteiger partial charge in [-0.15, -0.1) is 0 Å². The average Bonchev–Trinajstić information content (AvgIpc) is 2.78. The number of hydrogen-bond acceptors (Lipinski definition) is 2. The molecule has 0 fully saturated rings. The highest BCUT2D eigenvalue weighted by Gasteiger charge is 2.11. The molecule has 19 heavy (non-hydrogen) atoms. The second-order valence-electron chi connectivity index (χ2n) is 4.59. The summed E-state index contributed by atoms with van der Waals surface area (Å²) >= 11 is 0. The predicted molar refractivity (Wildman–Crippen MR) is 74.1 cm³/mol. The first-order valence-corrected chi connectivity index (χ1v) is 6.46. The van der Waals surface area contributed by atoms with Gasteiger partial charge in [0.1, 0.15) is 5.82 Å². The summed E-state index contributed by atoms with van der Waals surface area (Å²) < 4.78 is 0. The molecule has 100 valence electrons. The van der Waals surface area contributed by atoms with Gasteiger partial charge in [-0.3, -0.25) is 4.79 Å². The Morgan fingerprint density at radius 2 is 2.00 bits per heavy atom. The van der Waals surface area contributed by atoms with Crippen LogP contribution >= 0.6 is 0 Å². The van der Waals surface area contributed by atoms with Crippen LogP contribution in [0, 0.1) is 6.92 Å². The van der Waals surface area contributed by atoms with E-state index in [1.54, 1.807) is 0 Å². The van der Waals surface area contributed by atoms with Crippen molar-refractivity contribution < 1.29 is 9.90 Å². The maximum atomic E-state index is 10.7. The molecule has 0 aliphatic carbocycles. The van der Waals surface area contributed by atoms with Gasteiger partial charge in [0.25, 0.3) is 0 Å². The maximum Gasteiger partial charge on any atom is 0.303 e. The minimum absolute atomic E-state index is 0.113. The fourth-order valence-electron chi connectivity index (χ4n) is 2.09. The van der Waals surface area contributed by atoms with E-state index in [4.69, 9.17) is 5.11 Å². The lowest BCUT2D eigenvalue weighted by atomic mass is 10.0. The van der Waals surface area contributed by atoms with E-state index in [2.05, 4.69) is 29.0 Å². The highest BCUT2D eigenvalue weighted by Crippen LogP contribution is 2.23. The van der Waals surface area contributed by atoms with Crippen LogP contribution in [0.25, 0.3) is 11.3 Å². The second kappa shape index (κ2) is 5.69. The van der Waals surface area contributed by atoms with E-state index in [1.165, 1.54) is 5.56 Å². The third kappa shape index (κ3) is 3.22. The Kier molecular flexibility index (Phi) is 4.00. The van der Waals surface area contributed by atoms with Gasteiger partial charge in [-0.1, -0.05) is 31.2 Å². The van der Waals surface area contributed by atoms with Crippen molar-refractivity contribution in [2.45, 2.75) is 33.1 Å². The van der Waals surface area contributed by atoms with E-state index in [9.17, 15) is 4.79 Å². The summed E-state index contributed by atoms with van der Waals surface area (Å²) in [4.78, 5) is 18.3. The molecule has 0 atom stereocenters. The summed E-state index contributed by atoms with van der Waals surface area (Å²) in [6.45, 7) is 4.00. The summed E-state index contributed by atoms with van der Waals surface area (Å²) in [6.07, 6.45) is 1.59. The number of carboxylic acids is 1. The quantitative estimate of drug-likeness (QED) is 0.866. The first-order chi connectivity index (χ1) is 9.10. The number of aryl methyl sites for hydroxylation is 3. The van der Waals surface area contributed by atoms with Crippen LogP contribution in [-0.2, 0) is 17.6 Å². The fraction of sp³-hybridized carbons (Fsp3) is 0.333. The number of aromatic nitrogens is 2. The molecule has 1 heterocycles. The topological polar surface area (TPSA) is 66.0 Å². The highest BCUT2D eigenvalue weighted by atomic mass is 16.4. The Labute approximate surface area is 112 Å². The molecule has 0 radical (unpaired) electrons. The zero-order chi connectivity index (χ0) is 13.8. The van der Waals surface area contributed by atoms with Crippen molar-refractivity contribution in [3.05, 3.63) is 41.3 Å².